The van der Waals surface area contributed by atoms with Crippen LogP contribution < -0.4 is 9.62 Å². The van der Waals surface area contributed by atoms with Gasteiger partial charge in [0.05, 0.1) is 5.25 Å². The minimum Gasteiger partial charge on any atom is -0.481 e. The Morgan fingerprint density at radius 3 is 2.70 bits per heavy atom. The molecule has 1 aromatic heterocycles. The van der Waals surface area contributed by atoms with Gasteiger partial charge < -0.3 is 14.5 Å². The fourth-order valence-electron chi connectivity index (χ4n) is 2.59. The van der Waals surface area contributed by atoms with Crippen LogP contribution >= 0.6 is 0 Å². The van der Waals surface area contributed by atoms with Crippen LogP contribution in [0.4, 0.5) is 5.95 Å². The predicted molar refractivity (Wildman–Crippen MR) is 80.4 cm³/mol. The molecule has 1 atom stereocenters. The van der Waals surface area contributed by atoms with Gasteiger partial charge in [-0.05, 0) is 37.3 Å². The van der Waals surface area contributed by atoms with E-state index >= 15 is 0 Å². The summed E-state index contributed by atoms with van der Waals surface area (Å²) >= 11 is 0. The minimum atomic E-state index is -3.48. The van der Waals surface area contributed by atoms with Gasteiger partial charge in [-0.3, -0.25) is 4.79 Å². The number of hydrogen-bond donors (Lipinski definition) is 2. The maximum atomic E-state index is 12.1. The first-order valence-electron chi connectivity index (χ1n) is 7.77. The number of hydrogen-bond acceptors (Lipinski definition) is 7. The van der Waals surface area contributed by atoms with Crippen molar-refractivity contribution in [3.63, 3.8) is 0 Å². The fourth-order valence-corrected chi connectivity index (χ4v) is 4.15. The second-order valence-corrected chi connectivity index (χ2v) is 7.97. The van der Waals surface area contributed by atoms with E-state index in [4.69, 9.17) is 9.63 Å². The molecular weight excluding hydrogens is 324 g/mol. The topological polar surface area (TPSA) is 126 Å². The van der Waals surface area contributed by atoms with Crippen LogP contribution in [-0.2, 0) is 14.8 Å². The summed E-state index contributed by atoms with van der Waals surface area (Å²) in [5.41, 5.74) is 0. The Morgan fingerprint density at radius 2 is 2.09 bits per heavy atom. The molecule has 0 bridgehead atoms. The summed E-state index contributed by atoms with van der Waals surface area (Å²) in [6, 6.07) is -0.805. The maximum absolute atomic E-state index is 12.1. The van der Waals surface area contributed by atoms with Crippen LogP contribution in [0.15, 0.2) is 4.52 Å². The number of anilines is 1. The van der Waals surface area contributed by atoms with Crippen LogP contribution in [0.5, 0.6) is 0 Å². The molecule has 0 radical (unpaired) electrons. The Hall–Kier alpha value is -1.68. The largest absolute Gasteiger partial charge is 0.481 e. The number of carbonyl (C=O) groups is 1. The lowest BCUT2D eigenvalue weighted by atomic mass is 10.2. The van der Waals surface area contributed by atoms with Crippen LogP contribution in [0.25, 0.3) is 0 Å². The summed E-state index contributed by atoms with van der Waals surface area (Å²) in [7, 11) is -3.48. The molecular formula is C13H20N4O5S. The van der Waals surface area contributed by atoms with Gasteiger partial charge in [0.25, 0.3) is 5.95 Å². The van der Waals surface area contributed by atoms with Crippen LogP contribution in [0.2, 0.25) is 0 Å². The predicted octanol–water partition coefficient (Wildman–Crippen LogP) is 0.658. The summed E-state index contributed by atoms with van der Waals surface area (Å²) in [4.78, 5) is 17.0. The number of aliphatic carboxylic acids is 1. The first kappa shape index (κ1) is 16.2. The molecule has 0 amide bonds. The normalized spacial score (nSPS) is 19.9. The number of rotatable bonds is 8. The summed E-state index contributed by atoms with van der Waals surface area (Å²) in [5, 5.41) is 12.4. The average molecular weight is 344 g/mol. The highest BCUT2D eigenvalue weighted by Gasteiger charge is 2.38. The van der Waals surface area contributed by atoms with Gasteiger partial charge in [0, 0.05) is 19.5 Å². The van der Waals surface area contributed by atoms with Crippen molar-refractivity contribution >= 4 is 21.9 Å². The molecule has 23 heavy (non-hydrogen) atoms. The van der Waals surface area contributed by atoms with E-state index in [-0.39, 0.29) is 18.7 Å². The van der Waals surface area contributed by atoms with Crippen molar-refractivity contribution in [2.75, 3.05) is 18.0 Å². The first-order chi connectivity index (χ1) is 11.0. The van der Waals surface area contributed by atoms with E-state index in [2.05, 4.69) is 14.9 Å². The first-order valence-corrected chi connectivity index (χ1v) is 9.32. The lowest BCUT2D eigenvalue weighted by Crippen LogP contribution is -2.32. The van der Waals surface area contributed by atoms with Crippen molar-refractivity contribution < 1.29 is 22.8 Å². The van der Waals surface area contributed by atoms with E-state index in [0.29, 0.717) is 18.8 Å². The van der Waals surface area contributed by atoms with Crippen LogP contribution in [0, 0.1) is 0 Å². The molecule has 0 aromatic carbocycles. The van der Waals surface area contributed by atoms with E-state index < -0.39 is 27.3 Å². The molecule has 1 saturated carbocycles. The Labute approximate surface area is 134 Å². The lowest BCUT2D eigenvalue weighted by Gasteiger charge is -2.14. The van der Waals surface area contributed by atoms with Gasteiger partial charge in [0.15, 0.2) is 0 Å². The molecule has 9 nitrogen and oxygen atoms in total. The van der Waals surface area contributed by atoms with Crippen molar-refractivity contribution in [3.8, 4) is 0 Å². The molecule has 2 fully saturated rings. The molecule has 2 aliphatic rings. The molecule has 3 rings (SSSR count). The molecule has 1 aromatic rings. The van der Waals surface area contributed by atoms with Crippen molar-refractivity contribution in [2.24, 2.45) is 0 Å². The van der Waals surface area contributed by atoms with E-state index in [1.165, 1.54) is 0 Å². The molecule has 10 heteroatoms. The van der Waals surface area contributed by atoms with Gasteiger partial charge in [-0.1, -0.05) is 0 Å². The van der Waals surface area contributed by atoms with E-state index in [1.54, 1.807) is 0 Å². The van der Waals surface area contributed by atoms with Crippen molar-refractivity contribution in [3.05, 3.63) is 5.89 Å². The summed E-state index contributed by atoms with van der Waals surface area (Å²) < 4.78 is 32.0. The molecule has 2 N–H and O–H groups in total. The van der Waals surface area contributed by atoms with Gasteiger partial charge in [-0.25, -0.2) is 13.1 Å². The average Bonchev–Trinajstić information content (AvgIpc) is 3.02. The highest BCUT2D eigenvalue weighted by molar-refractivity contribution is 7.90. The third kappa shape index (κ3) is 3.99. The lowest BCUT2D eigenvalue weighted by molar-refractivity contribution is -0.137. The zero-order valence-electron chi connectivity index (χ0n) is 12.6. The van der Waals surface area contributed by atoms with Crippen LogP contribution in [0.1, 0.15) is 50.5 Å². The SMILES string of the molecule is O=C(O)CC[C@H](NS(=O)(=O)C1CC1)c1nc(N2CCCC2)no1. The highest BCUT2D eigenvalue weighted by atomic mass is 32.2. The van der Waals surface area contributed by atoms with Gasteiger partial charge in [0.2, 0.25) is 15.9 Å². The van der Waals surface area contributed by atoms with Crippen molar-refractivity contribution in [1.82, 2.24) is 14.9 Å². The number of carboxylic acid groups (broad SMARTS) is 1. The highest BCUT2D eigenvalue weighted by Crippen LogP contribution is 2.30. The van der Waals surface area contributed by atoms with E-state index in [1.807, 2.05) is 4.90 Å². The molecule has 1 saturated heterocycles. The Bertz CT molecular complexity index is 664. The summed E-state index contributed by atoms with van der Waals surface area (Å²) in [6.45, 7) is 1.68. The molecule has 1 aliphatic heterocycles. The van der Waals surface area contributed by atoms with Crippen LogP contribution in [0.3, 0.4) is 0 Å². The second-order valence-electron chi connectivity index (χ2n) is 5.97. The molecule has 0 spiro atoms. The smallest absolute Gasteiger partial charge is 0.303 e. The quantitative estimate of drug-likeness (QED) is 0.704. The number of nitrogens with one attached hydrogen (secondary N) is 1. The zero-order chi connectivity index (χ0) is 16.4. The standard InChI is InChI=1S/C13H20N4O5S/c18-11(19)6-5-10(16-23(20,21)9-3-4-9)12-14-13(15-22-12)17-7-1-2-8-17/h9-10,16H,1-8H2,(H,18,19)/t10-/m0/s1. The number of nitrogens with zero attached hydrogens (tertiary/aromatic N) is 3. The Kier molecular flexibility index (Phi) is 4.53. The summed E-state index contributed by atoms with van der Waals surface area (Å²) in [5.74, 6) is -0.444. The third-order valence-electron chi connectivity index (χ3n) is 4.03. The molecule has 1 aliphatic carbocycles. The number of aromatic nitrogens is 2. The van der Waals surface area contributed by atoms with Gasteiger partial charge >= 0.3 is 5.97 Å². The Morgan fingerprint density at radius 1 is 1.39 bits per heavy atom. The minimum absolute atomic E-state index is 0.0723. The number of sulfonamides is 1. The fraction of sp³-hybridized carbons (Fsp3) is 0.769. The van der Waals surface area contributed by atoms with Crippen molar-refractivity contribution in [2.45, 2.75) is 49.8 Å². The van der Waals surface area contributed by atoms with Gasteiger partial charge in [-0.2, -0.15) is 4.98 Å². The monoisotopic (exact) mass is 344 g/mol. The number of carboxylic acids is 1. The van der Waals surface area contributed by atoms with Crippen LogP contribution in [-0.4, -0.2) is 48.0 Å². The van der Waals surface area contributed by atoms with Gasteiger partial charge in [0.1, 0.15) is 6.04 Å². The van der Waals surface area contributed by atoms with Gasteiger partial charge in [-0.15, -0.1) is 0 Å². The third-order valence-corrected chi connectivity index (χ3v) is 6.00. The maximum Gasteiger partial charge on any atom is 0.303 e. The molecule has 0 unspecified atom stereocenters. The summed E-state index contributed by atoms with van der Waals surface area (Å²) in [6.07, 6.45) is 3.26. The second kappa shape index (κ2) is 6.44. The Balaban J connectivity index is 1.75. The molecule has 2 heterocycles. The van der Waals surface area contributed by atoms with Crippen molar-refractivity contribution in [1.29, 1.82) is 0 Å². The van der Waals surface area contributed by atoms with E-state index in [0.717, 1.165) is 25.9 Å². The molecule has 128 valence electrons. The zero-order valence-corrected chi connectivity index (χ0v) is 13.5. The van der Waals surface area contributed by atoms with E-state index in [9.17, 15) is 13.2 Å².